The van der Waals surface area contributed by atoms with Gasteiger partial charge >= 0.3 is 200 Å². The fourth-order valence-electron chi connectivity index (χ4n) is 11.4. The molecule has 1 aromatic rings. The van der Waals surface area contributed by atoms with Crippen molar-refractivity contribution in [3.8, 4) is 0 Å². The van der Waals surface area contributed by atoms with E-state index in [4.69, 9.17) is 0 Å². The van der Waals surface area contributed by atoms with E-state index in [1.165, 1.54) is 178 Å². The van der Waals surface area contributed by atoms with E-state index in [1.807, 2.05) is 6.07 Å². The van der Waals surface area contributed by atoms with Crippen LogP contribution in [0.4, 0.5) is 0 Å². The first-order valence-corrected chi connectivity index (χ1v) is 35.5. The van der Waals surface area contributed by atoms with E-state index < -0.39 is 22.1 Å². The smallest absolute Gasteiger partial charge is 0.274 e. The first kappa shape index (κ1) is 67.6. The number of aryl methyl sites for hydroxylation is 1. The van der Waals surface area contributed by atoms with Crippen LogP contribution in [0, 0.1) is 0 Å². The Morgan fingerprint density at radius 1 is 0.368 bits per heavy atom. The maximum absolute atomic E-state index is 13.3. The van der Waals surface area contributed by atoms with Crippen LogP contribution in [0.2, 0.25) is 0 Å². The Morgan fingerprint density at radius 3 is 0.985 bits per heavy atom. The number of unbranched alkanes of at least 4 members (excludes halogenated alkanes) is 32. The van der Waals surface area contributed by atoms with Crippen LogP contribution in [0.3, 0.4) is 0 Å². The van der Waals surface area contributed by atoms with Gasteiger partial charge in [-0.25, -0.2) is 0 Å². The van der Waals surface area contributed by atoms with E-state index in [0.29, 0.717) is 12.8 Å². The van der Waals surface area contributed by atoms with Gasteiger partial charge in [0.15, 0.2) is 0 Å². The van der Waals surface area contributed by atoms with Crippen molar-refractivity contribution in [2.45, 2.75) is 343 Å². The molecule has 1 rings (SSSR count). The van der Waals surface area contributed by atoms with E-state index in [1.54, 1.807) is 50.3 Å². The predicted octanol–water partition coefficient (Wildman–Crippen LogP) is 22.1. The van der Waals surface area contributed by atoms with Gasteiger partial charge in [-0.05, 0) is 55.2 Å². The Balaban J connectivity index is 0.00000132. The second kappa shape index (κ2) is 47.6. The molecule has 1 N–H and O–H groups in total. The third kappa shape index (κ3) is 33.3. The molecule has 1 aromatic carbocycles. The van der Waals surface area contributed by atoms with Crippen molar-refractivity contribution in [3.05, 3.63) is 34.9 Å². The molecular weight excluding hydrogens is 868 g/mol. The zero-order valence-electron chi connectivity index (χ0n) is 47.8. The summed E-state index contributed by atoms with van der Waals surface area (Å²) >= 11 is 0. The van der Waals surface area contributed by atoms with Gasteiger partial charge in [-0.3, -0.25) is 4.55 Å². The molecule has 0 bridgehead atoms. The minimum atomic E-state index is -4.26. The molecule has 0 aromatic heterocycles. The molecule has 0 fully saturated rings. The van der Waals surface area contributed by atoms with Crippen LogP contribution in [0.1, 0.15) is 342 Å². The van der Waals surface area contributed by atoms with Crippen LogP contribution in [0.15, 0.2) is 18.2 Å². The van der Waals surface area contributed by atoms with Crippen molar-refractivity contribution in [2.75, 3.05) is 24.6 Å². The van der Waals surface area contributed by atoms with Crippen molar-refractivity contribution >= 4 is 17.4 Å². The minimum Gasteiger partial charge on any atom is -0.285 e. The van der Waals surface area contributed by atoms with E-state index in [-0.39, 0.29) is 0 Å². The van der Waals surface area contributed by atoms with Gasteiger partial charge in [0.25, 0.3) is 10.1 Å². The SMILES string of the molecule is CCCCCCCCCCCCCC[PH](CCCCCC)(CCCCCC)CCCCCC.CCCCCCc1cccc(C(CCCCCC)(CCCCCC)S(=O)(=O)O)c1CCCCCC. The summed E-state index contributed by atoms with van der Waals surface area (Å²) in [5.74, 6) is 0. The summed E-state index contributed by atoms with van der Waals surface area (Å²) in [6.07, 6.45) is 63.0. The summed E-state index contributed by atoms with van der Waals surface area (Å²) in [5, 5.41) is 0. The van der Waals surface area contributed by atoms with E-state index in [0.717, 1.165) is 82.6 Å². The van der Waals surface area contributed by atoms with E-state index >= 15 is 0 Å². The zero-order chi connectivity index (χ0) is 50.3. The molecule has 0 heterocycles. The number of benzene rings is 1. The van der Waals surface area contributed by atoms with Crippen LogP contribution in [-0.4, -0.2) is 37.6 Å². The summed E-state index contributed by atoms with van der Waals surface area (Å²) in [4.78, 5) is 0. The van der Waals surface area contributed by atoms with Gasteiger partial charge in [0, 0.05) is 0 Å². The Bertz CT molecular complexity index is 1270. The maximum atomic E-state index is 13.3. The molecule has 0 amide bonds. The van der Waals surface area contributed by atoms with Crippen LogP contribution in [0.25, 0.3) is 0 Å². The number of rotatable bonds is 50. The fraction of sp³-hybridized carbons (Fsp3) is 0.905. The van der Waals surface area contributed by atoms with Crippen LogP contribution in [0.5, 0.6) is 0 Å². The summed E-state index contributed by atoms with van der Waals surface area (Å²) in [7, 11) is -5.30. The monoisotopic (exact) mass is 993 g/mol. The molecule has 0 saturated heterocycles. The molecular formula is C63H125O3PS. The maximum Gasteiger partial charge on any atom is 0.274 e. The normalized spacial score (nSPS) is 12.4. The predicted molar refractivity (Wildman–Crippen MR) is 314 cm³/mol. The van der Waals surface area contributed by atoms with Gasteiger partial charge in [-0.2, -0.15) is 8.42 Å². The molecule has 406 valence electrons. The average Bonchev–Trinajstić information content (AvgIpc) is 3.33. The van der Waals surface area contributed by atoms with Gasteiger partial charge in [0.2, 0.25) is 0 Å². The Morgan fingerprint density at radius 2 is 0.647 bits per heavy atom. The standard InChI is InChI=1S/C32H69P.C31H56O3S/c1-5-9-13-17-18-19-20-21-22-23-24-28-32-33(29-25-14-10-6-2,30-26-15-11-7-3)31-27-16-12-8-4;1-5-9-13-17-22-28-23-21-25-30(29(28)24-18-14-10-6-2)31(35(32,33)34,26-19-15-11-7-3)27-20-16-12-8-4/h33H,5-32H2,1-4H3;21,23,25H,5-20,22,24,26-27H2,1-4H3,(H,32,33,34). The number of hydrogen-bond acceptors (Lipinski definition) is 2. The van der Waals surface area contributed by atoms with Crippen LogP contribution >= 0.6 is 7.26 Å². The van der Waals surface area contributed by atoms with Crippen molar-refractivity contribution < 1.29 is 13.0 Å². The van der Waals surface area contributed by atoms with Crippen LogP contribution in [-0.2, 0) is 27.7 Å². The molecule has 3 nitrogen and oxygen atoms in total. The summed E-state index contributed by atoms with van der Waals surface area (Å²) in [5.41, 5.74) is 3.45. The Kier molecular flexibility index (Phi) is 47.2. The third-order valence-corrected chi connectivity index (χ3v) is 23.2. The van der Waals surface area contributed by atoms with Gasteiger partial charge in [-0.15, -0.1) is 0 Å². The molecule has 0 atom stereocenters. The van der Waals surface area contributed by atoms with Crippen molar-refractivity contribution in [1.82, 2.24) is 0 Å². The topological polar surface area (TPSA) is 54.4 Å². The molecule has 0 aliphatic rings. The first-order valence-electron chi connectivity index (χ1n) is 31.2. The Labute approximate surface area is 430 Å². The fourth-order valence-corrected chi connectivity index (χ4v) is 18.2. The third-order valence-electron chi connectivity index (χ3n) is 15.9. The van der Waals surface area contributed by atoms with E-state index in [2.05, 4.69) is 67.5 Å². The molecule has 0 radical (unpaired) electrons. The van der Waals surface area contributed by atoms with Crippen molar-refractivity contribution in [3.63, 3.8) is 0 Å². The van der Waals surface area contributed by atoms with Gasteiger partial charge in [0.1, 0.15) is 4.75 Å². The molecule has 0 saturated carbocycles. The van der Waals surface area contributed by atoms with Crippen molar-refractivity contribution in [2.24, 2.45) is 0 Å². The van der Waals surface area contributed by atoms with Crippen molar-refractivity contribution in [1.29, 1.82) is 0 Å². The second-order valence-electron chi connectivity index (χ2n) is 22.2. The quantitative estimate of drug-likeness (QED) is 0.0402. The molecule has 0 spiro atoms. The molecule has 0 aliphatic heterocycles. The summed E-state index contributed by atoms with van der Waals surface area (Å²) in [6, 6.07) is 6.31. The summed E-state index contributed by atoms with van der Waals surface area (Å²) in [6.45, 7) is 18.2. The molecule has 68 heavy (non-hydrogen) atoms. The number of hydrogen-bond donors (Lipinski definition) is 1. The first-order chi connectivity index (χ1) is 33.1. The van der Waals surface area contributed by atoms with Gasteiger partial charge < -0.3 is 0 Å². The molecule has 5 heteroatoms. The Hall–Kier alpha value is -0.440. The summed E-state index contributed by atoms with van der Waals surface area (Å²) < 4.78 is 36.2. The van der Waals surface area contributed by atoms with E-state index in [9.17, 15) is 13.0 Å². The van der Waals surface area contributed by atoms with Crippen LogP contribution < -0.4 is 0 Å². The minimum absolute atomic E-state index is 0.527. The average molecular weight is 994 g/mol. The zero-order valence-corrected chi connectivity index (χ0v) is 49.7. The molecule has 0 aliphatic carbocycles. The largest absolute Gasteiger partial charge is 0.285 e. The second-order valence-corrected chi connectivity index (χ2v) is 29.0. The molecule has 0 unspecified atom stereocenters. The van der Waals surface area contributed by atoms with Gasteiger partial charge in [0.05, 0.1) is 0 Å². The van der Waals surface area contributed by atoms with Gasteiger partial charge in [-0.1, -0.05) is 149 Å².